The lowest BCUT2D eigenvalue weighted by Gasteiger charge is -2.15. The zero-order valence-electron chi connectivity index (χ0n) is 8.45. The highest BCUT2D eigenvalue weighted by molar-refractivity contribution is 6.29. The molecule has 2 rings (SSSR count). The molecule has 0 bridgehead atoms. The Bertz CT molecular complexity index is 382. The van der Waals surface area contributed by atoms with Crippen molar-refractivity contribution in [2.24, 2.45) is 0 Å². The molecule has 0 amide bonds. The molecule has 1 fully saturated rings. The lowest BCUT2D eigenvalue weighted by Crippen LogP contribution is -2.32. The van der Waals surface area contributed by atoms with Crippen LogP contribution in [0.4, 0.5) is 0 Å². The van der Waals surface area contributed by atoms with Crippen molar-refractivity contribution in [2.75, 3.05) is 13.1 Å². The molecule has 1 unspecified atom stereocenters. The van der Waals surface area contributed by atoms with Gasteiger partial charge in [0.2, 0.25) is 0 Å². The Hall–Kier alpha value is -0.870. The van der Waals surface area contributed by atoms with E-state index in [2.05, 4.69) is 10.4 Å². The fraction of sp³-hybridized carbons (Fsp3) is 0.600. The standard InChI is InChI=1S/C10H14ClN3O/c11-9-4-5-10(15)14(13-9)8-3-1-2-6-12-7-8/h4-5,8,12H,1-3,6-7H2. The van der Waals surface area contributed by atoms with Gasteiger partial charge in [-0.25, -0.2) is 4.68 Å². The molecule has 0 radical (unpaired) electrons. The van der Waals surface area contributed by atoms with Gasteiger partial charge in [0.05, 0.1) is 6.04 Å². The Morgan fingerprint density at radius 2 is 2.33 bits per heavy atom. The first-order valence-corrected chi connectivity index (χ1v) is 5.61. The average Bonchev–Trinajstić information content (AvgIpc) is 2.50. The van der Waals surface area contributed by atoms with Crippen molar-refractivity contribution in [3.8, 4) is 0 Å². The van der Waals surface area contributed by atoms with Gasteiger partial charge in [-0.2, -0.15) is 5.10 Å². The summed E-state index contributed by atoms with van der Waals surface area (Å²) in [7, 11) is 0. The minimum Gasteiger partial charge on any atom is -0.315 e. The van der Waals surface area contributed by atoms with Crippen molar-refractivity contribution in [1.82, 2.24) is 15.1 Å². The van der Waals surface area contributed by atoms with E-state index >= 15 is 0 Å². The Kier molecular flexibility index (Phi) is 3.38. The van der Waals surface area contributed by atoms with E-state index in [0.717, 1.165) is 32.4 Å². The molecule has 0 saturated carbocycles. The fourth-order valence-corrected chi connectivity index (χ4v) is 2.02. The highest BCUT2D eigenvalue weighted by atomic mass is 35.5. The molecule has 1 aliphatic heterocycles. The SMILES string of the molecule is O=c1ccc(Cl)nn1C1CCCCNC1. The van der Waals surface area contributed by atoms with Gasteiger partial charge in [0, 0.05) is 12.6 Å². The van der Waals surface area contributed by atoms with Gasteiger partial charge in [-0.1, -0.05) is 18.0 Å². The molecule has 1 atom stereocenters. The average molecular weight is 228 g/mol. The number of aromatic nitrogens is 2. The van der Waals surface area contributed by atoms with Crippen LogP contribution in [0.5, 0.6) is 0 Å². The van der Waals surface area contributed by atoms with E-state index in [1.807, 2.05) is 0 Å². The van der Waals surface area contributed by atoms with Crippen LogP contribution in [0.15, 0.2) is 16.9 Å². The van der Waals surface area contributed by atoms with Crippen LogP contribution >= 0.6 is 11.6 Å². The molecule has 4 nitrogen and oxygen atoms in total. The minimum absolute atomic E-state index is 0.0758. The second-order valence-electron chi connectivity index (χ2n) is 3.79. The van der Waals surface area contributed by atoms with E-state index in [0.29, 0.717) is 5.15 Å². The van der Waals surface area contributed by atoms with E-state index in [9.17, 15) is 4.79 Å². The van der Waals surface area contributed by atoms with Crippen molar-refractivity contribution in [3.63, 3.8) is 0 Å². The van der Waals surface area contributed by atoms with Gasteiger partial charge in [-0.05, 0) is 25.5 Å². The number of nitrogens with zero attached hydrogens (tertiary/aromatic N) is 2. The summed E-state index contributed by atoms with van der Waals surface area (Å²) in [5, 5.41) is 7.74. The normalized spacial score (nSPS) is 22.3. The van der Waals surface area contributed by atoms with Gasteiger partial charge in [0.15, 0.2) is 0 Å². The summed E-state index contributed by atoms with van der Waals surface area (Å²) in [5.74, 6) is 0. The maximum atomic E-state index is 11.6. The zero-order chi connectivity index (χ0) is 10.7. The van der Waals surface area contributed by atoms with Crippen LogP contribution < -0.4 is 10.9 Å². The molecule has 15 heavy (non-hydrogen) atoms. The van der Waals surface area contributed by atoms with Crippen LogP contribution in [0, 0.1) is 0 Å². The van der Waals surface area contributed by atoms with Crippen LogP contribution in [0.3, 0.4) is 0 Å². The molecular weight excluding hydrogens is 214 g/mol. The number of hydrogen-bond donors (Lipinski definition) is 1. The first-order chi connectivity index (χ1) is 7.27. The second-order valence-corrected chi connectivity index (χ2v) is 4.18. The lowest BCUT2D eigenvalue weighted by molar-refractivity contribution is 0.404. The number of hydrogen-bond acceptors (Lipinski definition) is 3. The van der Waals surface area contributed by atoms with Gasteiger partial charge < -0.3 is 5.32 Å². The van der Waals surface area contributed by atoms with Gasteiger partial charge >= 0.3 is 0 Å². The fourth-order valence-electron chi connectivity index (χ4n) is 1.87. The third-order valence-corrected chi connectivity index (χ3v) is 2.86. The predicted molar refractivity (Wildman–Crippen MR) is 59.3 cm³/mol. The topological polar surface area (TPSA) is 46.9 Å². The lowest BCUT2D eigenvalue weighted by atomic mass is 10.1. The van der Waals surface area contributed by atoms with Crippen molar-refractivity contribution >= 4 is 11.6 Å². The molecule has 5 heteroatoms. The second kappa shape index (κ2) is 4.77. The molecule has 1 aliphatic rings. The Morgan fingerprint density at radius 1 is 1.47 bits per heavy atom. The van der Waals surface area contributed by atoms with Crippen molar-refractivity contribution < 1.29 is 0 Å². The summed E-state index contributed by atoms with van der Waals surface area (Å²) in [6.07, 6.45) is 3.27. The summed E-state index contributed by atoms with van der Waals surface area (Å²) in [5.41, 5.74) is -0.0758. The summed E-state index contributed by atoms with van der Waals surface area (Å²) >= 11 is 5.79. The van der Waals surface area contributed by atoms with E-state index in [1.54, 1.807) is 0 Å². The van der Waals surface area contributed by atoms with Crippen LogP contribution in [-0.2, 0) is 0 Å². The molecule has 0 aliphatic carbocycles. The van der Waals surface area contributed by atoms with Crippen LogP contribution in [-0.4, -0.2) is 22.9 Å². The van der Waals surface area contributed by atoms with E-state index in [-0.39, 0.29) is 11.6 Å². The van der Waals surface area contributed by atoms with Crippen LogP contribution in [0.2, 0.25) is 5.15 Å². The molecule has 2 heterocycles. The van der Waals surface area contributed by atoms with Crippen molar-refractivity contribution in [1.29, 1.82) is 0 Å². The largest absolute Gasteiger partial charge is 0.315 e. The van der Waals surface area contributed by atoms with E-state index in [1.165, 1.54) is 16.8 Å². The molecule has 1 N–H and O–H groups in total. The molecule has 0 aromatic carbocycles. The van der Waals surface area contributed by atoms with Crippen LogP contribution in [0.25, 0.3) is 0 Å². The van der Waals surface area contributed by atoms with Crippen molar-refractivity contribution in [3.05, 3.63) is 27.6 Å². The molecule has 1 aromatic rings. The molecule has 82 valence electrons. The Balaban J connectivity index is 2.26. The Labute approximate surface area is 93.2 Å². The first-order valence-electron chi connectivity index (χ1n) is 5.23. The van der Waals surface area contributed by atoms with E-state index in [4.69, 9.17) is 11.6 Å². The molecule has 0 spiro atoms. The highest BCUT2D eigenvalue weighted by Crippen LogP contribution is 2.14. The summed E-state index contributed by atoms with van der Waals surface area (Å²) in [6.45, 7) is 1.82. The maximum absolute atomic E-state index is 11.6. The quantitative estimate of drug-likeness (QED) is 0.785. The van der Waals surface area contributed by atoms with Gasteiger partial charge in [-0.3, -0.25) is 4.79 Å². The Morgan fingerprint density at radius 3 is 3.20 bits per heavy atom. The maximum Gasteiger partial charge on any atom is 0.267 e. The smallest absolute Gasteiger partial charge is 0.267 e. The summed E-state index contributed by atoms with van der Waals surface area (Å²) in [4.78, 5) is 11.6. The van der Waals surface area contributed by atoms with E-state index < -0.39 is 0 Å². The number of rotatable bonds is 1. The summed E-state index contributed by atoms with van der Waals surface area (Å²) < 4.78 is 1.50. The molecular formula is C10H14ClN3O. The summed E-state index contributed by atoms with van der Waals surface area (Å²) in [6, 6.07) is 3.14. The van der Waals surface area contributed by atoms with Gasteiger partial charge in [0.1, 0.15) is 5.15 Å². The monoisotopic (exact) mass is 227 g/mol. The third kappa shape index (κ3) is 2.58. The number of nitrogens with one attached hydrogen (secondary N) is 1. The van der Waals surface area contributed by atoms with Gasteiger partial charge in [0.25, 0.3) is 5.56 Å². The third-order valence-electron chi connectivity index (χ3n) is 2.66. The van der Waals surface area contributed by atoms with Crippen molar-refractivity contribution in [2.45, 2.75) is 25.3 Å². The zero-order valence-corrected chi connectivity index (χ0v) is 9.20. The van der Waals surface area contributed by atoms with Crippen LogP contribution in [0.1, 0.15) is 25.3 Å². The minimum atomic E-state index is -0.0758. The predicted octanol–water partition coefficient (Wildman–Crippen LogP) is 1.21. The number of halogens is 1. The van der Waals surface area contributed by atoms with Gasteiger partial charge in [-0.15, -0.1) is 0 Å². The molecule has 1 aromatic heterocycles. The molecule has 1 saturated heterocycles. The highest BCUT2D eigenvalue weighted by Gasteiger charge is 2.15. The first kappa shape index (κ1) is 10.6.